The van der Waals surface area contributed by atoms with E-state index in [1.54, 1.807) is 7.11 Å². The molecule has 0 radical (unpaired) electrons. The van der Waals surface area contributed by atoms with Crippen LogP contribution in [0.2, 0.25) is 5.02 Å². The molecule has 1 aliphatic carbocycles. The van der Waals surface area contributed by atoms with Gasteiger partial charge in [0.1, 0.15) is 5.82 Å². The van der Waals surface area contributed by atoms with Gasteiger partial charge in [-0.05, 0) is 57.2 Å². The van der Waals surface area contributed by atoms with Crippen LogP contribution in [-0.4, -0.2) is 34.4 Å². The maximum absolute atomic E-state index is 12.9. The van der Waals surface area contributed by atoms with Gasteiger partial charge >= 0.3 is 6.18 Å². The smallest absolute Gasteiger partial charge is 0.391 e. The SMILES string of the molecule is COc1nc2ccc(-c3cnc(C)n3C)cc2c(Cl)c1CNCC1CCC(C(F)(F)F)CC1. The van der Waals surface area contributed by atoms with Crippen LogP contribution in [0.5, 0.6) is 5.88 Å². The van der Waals surface area contributed by atoms with Crippen LogP contribution in [0.4, 0.5) is 13.2 Å². The third-order valence-electron chi connectivity index (χ3n) is 6.73. The molecular weight excluding hydrogens is 453 g/mol. The summed E-state index contributed by atoms with van der Waals surface area (Å²) in [5.74, 6) is 0.426. The molecule has 4 rings (SSSR count). The summed E-state index contributed by atoms with van der Waals surface area (Å²) in [4.78, 5) is 8.99. The first kappa shape index (κ1) is 23.8. The monoisotopic (exact) mass is 480 g/mol. The number of nitrogens with zero attached hydrogens (tertiary/aromatic N) is 3. The van der Waals surface area contributed by atoms with E-state index in [1.807, 2.05) is 42.9 Å². The Morgan fingerprint density at radius 1 is 1.21 bits per heavy atom. The van der Waals surface area contributed by atoms with Crippen molar-refractivity contribution in [3.05, 3.63) is 40.8 Å². The minimum Gasteiger partial charge on any atom is -0.481 e. The largest absolute Gasteiger partial charge is 0.481 e. The summed E-state index contributed by atoms with van der Waals surface area (Å²) in [5, 5.41) is 4.74. The predicted molar refractivity (Wildman–Crippen MR) is 123 cm³/mol. The number of ether oxygens (including phenoxy) is 1. The van der Waals surface area contributed by atoms with Crippen LogP contribution < -0.4 is 10.1 Å². The summed E-state index contributed by atoms with van der Waals surface area (Å²) in [6.45, 7) is 3.01. The Hall–Kier alpha value is -2.32. The van der Waals surface area contributed by atoms with Gasteiger partial charge in [0.05, 0.1) is 35.5 Å². The van der Waals surface area contributed by atoms with E-state index in [0.29, 0.717) is 36.8 Å². The van der Waals surface area contributed by atoms with Crippen LogP contribution in [0.1, 0.15) is 37.1 Å². The normalized spacial score (nSPS) is 19.2. The number of nitrogens with one attached hydrogen (secondary N) is 1. The van der Waals surface area contributed by atoms with E-state index in [1.165, 1.54) is 0 Å². The fourth-order valence-corrected chi connectivity index (χ4v) is 4.89. The summed E-state index contributed by atoms with van der Waals surface area (Å²) >= 11 is 6.81. The lowest BCUT2D eigenvalue weighted by molar-refractivity contribution is -0.183. The molecular formula is C24H28ClF3N4O. The van der Waals surface area contributed by atoms with Crippen molar-refractivity contribution in [3.8, 4) is 17.1 Å². The maximum Gasteiger partial charge on any atom is 0.391 e. The summed E-state index contributed by atoms with van der Waals surface area (Å²) in [6.07, 6.45) is -0.696. The molecule has 1 aromatic carbocycles. The highest BCUT2D eigenvalue weighted by atomic mass is 35.5. The first-order valence-corrected chi connectivity index (χ1v) is 11.5. The Morgan fingerprint density at radius 3 is 2.55 bits per heavy atom. The number of rotatable bonds is 6. The third kappa shape index (κ3) is 4.96. The predicted octanol–water partition coefficient (Wildman–Crippen LogP) is 6.06. The fraction of sp³-hybridized carbons (Fsp3) is 0.500. The second kappa shape index (κ2) is 9.50. The van der Waals surface area contributed by atoms with Crippen LogP contribution in [0.25, 0.3) is 22.2 Å². The third-order valence-corrected chi connectivity index (χ3v) is 7.16. The van der Waals surface area contributed by atoms with Gasteiger partial charge in [0.25, 0.3) is 0 Å². The zero-order valence-electron chi connectivity index (χ0n) is 19.0. The highest BCUT2D eigenvalue weighted by molar-refractivity contribution is 6.36. The van der Waals surface area contributed by atoms with Crippen molar-refractivity contribution >= 4 is 22.5 Å². The molecule has 3 aromatic rings. The van der Waals surface area contributed by atoms with Crippen LogP contribution in [0.15, 0.2) is 24.4 Å². The number of hydrogen-bond donors (Lipinski definition) is 1. The highest BCUT2D eigenvalue weighted by Crippen LogP contribution is 2.39. The van der Waals surface area contributed by atoms with Crippen molar-refractivity contribution in [2.75, 3.05) is 13.7 Å². The summed E-state index contributed by atoms with van der Waals surface area (Å²) in [5.41, 5.74) is 3.44. The number of aryl methyl sites for hydroxylation is 1. The molecule has 5 nitrogen and oxygen atoms in total. The Kier molecular flexibility index (Phi) is 6.86. The summed E-state index contributed by atoms with van der Waals surface area (Å²) < 4.78 is 46.2. The lowest BCUT2D eigenvalue weighted by Crippen LogP contribution is -2.31. The second-order valence-electron chi connectivity index (χ2n) is 8.79. The van der Waals surface area contributed by atoms with Gasteiger partial charge in [-0.15, -0.1) is 0 Å². The number of fused-ring (bicyclic) bond motifs is 1. The van der Waals surface area contributed by atoms with E-state index in [4.69, 9.17) is 16.3 Å². The van der Waals surface area contributed by atoms with Crippen molar-refractivity contribution in [2.45, 2.75) is 45.3 Å². The molecule has 178 valence electrons. The quantitative estimate of drug-likeness (QED) is 0.465. The van der Waals surface area contributed by atoms with Gasteiger partial charge in [-0.2, -0.15) is 13.2 Å². The average Bonchev–Trinajstić information content (AvgIpc) is 3.13. The number of pyridine rings is 1. The van der Waals surface area contributed by atoms with Crippen molar-refractivity contribution in [1.82, 2.24) is 19.9 Å². The molecule has 0 aliphatic heterocycles. The number of halogens is 4. The Balaban J connectivity index is 1.51. The highest BCUT2D eigenvalue weighted by Gasteiger charge is 2.41. The van der Waals surface area contributed by atoms with Gasteiger partial charge < -0.3 is 14.6 Å². The Labute approximate surface area is 196 Å². The molecule has 0 atom stereocenters. The van der Waals surface area contributed by atoms with Crippen molar-refractivity contribution < 1.29 is 17.9 Å². The van der Waals surface area contributed by atoms with E-state index in [0.717, 1.165) is 33.5 Å². The van der Waals surface area contributed by atoms with Gasteiger partial charge in [-0.1, -0.05) is 17.7 Å². The zero-order chi connectivity index (χ0) is 23.8. The van der Waals surface area contributed by atoms with E-state index in [9.17, 15) is 13.2 Å². The fourth-order valence-electron chi connectivity index (χ4n) is 4.59. The first-order chi connectivity index (χ1) is 15.7. The number of benzene rings is 1. The van der Waals surface area contributed by atoms with Crippen LogP contribution in [-0.2, 0) is 13.6 Å². The number of hydrogen-bond acceptors (Lipinski definition) is 4. The van der Waals surface area contributed by atoms with E-state index >= 15 is 0 Å². The molecule has 1 saturated carbocycles. The molecule has 2 aromatic heterocycles. The summed E-state index contributed by atoms with van der Waals surface area (Å²) in [6, 6.07) is 5.90. The lowest BCUT2D eigenvalue weighted by Gasteiger charge is -2.30. The molecule has 1 N–H and O–H groups in total. The van der Waals surface area contributed by atoms with Gasteiger partial charge in [0, 0.05) is 30.1 Å². The Bertz CT molecular complexity index is 1140. The lowest BCUT2D eigenvalue weighted by atomic mass is 9.81. The molecule has 1 aliphatic rings. The van der Waals surface area contributed by atoms with Crippen molar-refractivity contribution in [1.29, 1.82) is 0 Å². The second-order valence-corrected chi connectivity index (χ2v) is 9.16. The molecule has 1 fully saturated rings. The van der Waals surface area contributed by atoms with E-state index in [2.05, 4.69) is 15.3 Å². The molecule has 0 saturated heterocycles. The molecule has 33 heavy (non-hydrogen) atoms. The van der Waals surface area contributed by atoms with Crippen LogP contribution in [0, 0.1) is 18.8 Å². The molecule has 0 amide bonds. The number of aromatic nitrogens is 3. The van der Waals surface area contributed by atoms with Crippen molar-refractivity contribution in [2.24, 2.45) is 18.9 Å². The molecule has 0 bridgehead atoms. The minimum absolute atomic E-state index is 0.202. The van der Waals surface area contributed by atoms with Crippen LogP contribution >= 0.6 is 11.6 Å². The molecule has 9 heteroatoms. The minimum atomic E-state index is -4.08. The standard InChI is InChI=1S/C24H28ClF3N4O/c1-14-30-13-21(32(14)2)16-6-9-20-18(10-16)22(25)19(23(31-20)33-3)12-29-11-15-4-7-17(8-5-15)24(26,27)28/h6,9-10,13,15,17,29H,4-5,7-8,11-12H2,1-3H3. The zero-order valence-corrected chi connectivity index (χ0v) is 19.7. The number of alkyl halides is 3. The topological polar surface area (TPSA) is 52.0 Å². The maximum atomic E-state index is 12.9. The number of imidazole rings is 1. The molecule has 0 spiro atoms. The Morgan fingerprint density at radius 2 is 1.94 bits per heavy atom. The molecule has 2 heterocycles. The van der Waals surface area contributed by atoms with E-state index in [-0.39, 0.29) is 18.8 Å². The molecule has 0 unspecified atom stereocenters. The van der Waals surface area contributed by atoms with E-state index < -0.39 is 12.1 Å². The van der Waals surface area contributed by atoms with Crippen molar-refractivity contribution in [3.63, 3.8) is 0 Å². The van der Waals surface area contributed by atoms with Gasteiger partial charge in [0.15, 0.2) is 0 Å². The summed E-state index contributed by atoms with van der Waals surface area (Å²) in [7, 11) is 3.52. The number of methoxy groups -OCH3 is 1. The van der Waals surface area contributed by atoms with Crippen LogP contribution in [0.3, 0.4) is 0 Å². The van der Waals surface area contributed by atoms with Gasteiger partial charge in [-0.3, -0.25) is 0 Å². The van der Waals surface area contributed by atoms with Gasteiger partial charge in [0.2, 0.25) is 5.88 Å². The first-order valence-electron chi connectivity index (χ1n) is 11.1. The average molecular weight is 481 g/mol. The van der Waals surface area contributed by atoms with Gasteiger partial charge in [-0.25, -0.2) is 9.97 Å².